The molecule has 0 aromatic heterocycles. The monoisotopic (exact) mass is 385 g/mol. The lowest BCUT2D eigenvalue weighted by molar-refractivity contribution is -0.386. The number of nitriles is 2. The van der Waals surface area contributed by atoms with Crippen LogP contribution in [0.1, 0.15) is 25.8 Å². The molecule has 0 aliphatic heterocycles. The van der Waals surface area contributed by atoms with Gasteiger partial charge in [-0.25, -0.2) is 0 Å². The Balaban J connectivity index is 2.99. The number of nitro groups is 1. The van der Waals surface area contributed by atoms with Gasteiger partial charge in [0.25, 0.3) is 0 Å². The van der Waals surface area contributed by atoms with Crippen LogP contribution in [0.5, 0.6) is 5.75 Å². The van der Waals surface area contributed by atoms with Crippen molar-refractivity contribution < 1.29 is 9.66 Å². The van der Waals surface area contributed by atoms with E-state index < -0.39 is 10.3 Å². The van der Waals surface area contributed by atoms with Crippen LogP contribution in [-0.2, 0) is 0 Å². The molecule has 0 unspecified atom stereocenters. The number of nitro benzene ring substituents is 1. The van der Waals surface area contributed by atoms with Crippen molar-refractivity contribution in [2.45, 2.75) is 20.3 Å². The minimum atomic E-state index is -0.576. The predicted octanol–water partition coefficient (Wildman–Crippen LogP) is 3.39. The van der Waals surface area contributed by atoms with Gasteiger partial charge in [0.05, 0.1) is 38.2 Å². The normalized spacial score (nSPS) is 10.4. The van der Waals surface area contributed by atoms with E-state index in [2.05, 4.69) is 6.07 Å². The van der Waals surface area contributed by atoms with Crippen molar-refractivity contribution in [2.24, 2.45) is 5.41 Å². The lowest BCUT2D eigenvalue weighted by Crippen LogP contribution is -2.14. The Labute approximate surface area is 130 Å². The van der Waals surface area contributed by atoms with Crippen LogP contribution in [-0.4, -0.2) is 11.5 Å². The first-order chi connectivity index (χ1) is 9.30. The zero-order chi connectivity index (χ0) is 15.3. The molecule has 1 aromatic rings. The van der Waals surface area contributed by atoms with Crippen molar-refractivity contribution in [3.63, 3.8) is 0 Å². The number of rotatable bonds is 5. The second-order valence-electron chi connectivity index (χ2n) is 4.77. The number of hydrogen-bond donors (Lipinski definition) is 0. The van der Waals surface area contributed by atoms with Crippen LogP contribution in [0, 0.1) is 41.8 Å². The second kappa shape index (κ2) is 6.53. The van der Waals surface area contributed by atoms with Crippen molar-refractivity contribution in [3.05, 3.63) is 31.4 Å². The summed E-state index contributed by atoms with van der Waals surface area (Å²) >= 11 is 1.89. The van der Waals surface area contributed by atoms with Crippen molar-refractivity contribution in [3.8, 4) is 17.9 Å². The van der Waals surface area contributed by atoms with E-state index in [0.29, 0.717) is 9.99 Å². The standard InChI is InChI=1S/C13H12IN3O3/c1-13(2,8-16)3-4-20-12-10(14)5-9(7-15)6-11(12)17(18)19/h5-6H,3-4H2,1-2H3. The molecule has 0 aliphatic carbocycles. The molecule has 7 heteroatoms. The van der Waals surface area contributed by atoms with Gasteiger partial charge in [0.15, 0.2) is 0 Å². The summed E-state index contributed by atoms with van der Waals surface area (Å²) in [7, 11) is 0. The molecular weight excluding hydrogens is 373 g/mol. The lowest BCUT2D eigenvalue weighted by Gasteiger charge is -2.15. The molecule has 1 aromatic carbocycles. The summed E-state index contributed by atoms with van der Waals surface area (Å²) in [6.07, 6.45) is 0.455. The first kappa shape index (κ1) is 16.2. The predicted molar refractivity (Wildman–Crippen MR) is 80.0 cm³/mol. The average Bonchev–Trinajstić information content (AvgIpc) is 2.39. The molecule has 0 saturated carbocycles. The third kappa shape index (κ3) is 4.07. The molecule has 0 fully saturated rings. The zero-order valence-corrected chi connectivity index (χ0v) is 13.2. The fraction of sp³-hybridized carbons (Fsp3) is 0.385. The maximum atomic E-state index is 11.0. The molecule has 0 heterocycles. The Bertz CT molecular complexity index is 615. The van der Waals surface area contributed by atoms with Gasteiger partial charge in [0, 0.05) is 6.07 Å². The van der Waals surface area contributed by atoms with E-state index in [1.54, 1.807) is 13.8 Å². The van der Waals surface area contributed by atoms with Gasteiger partial charge < -0.3 is 4.74 Å². The molecule has 0 spiro atoms. The molecule has 0 N–H and O–H groups in total. The molecule has 6 nitrogen and oxygen atoms in total. The van der Waals surface area contributed by atoms with Gasteiger partial charge in [-0.3, -0.25) is 10.1 Å². The van der Waals surface area contributed by atoms with Gasteiger partial charge in [-0.15, -0.1) is 0 Å². The van der Waals surface area contributed by atoms with E-state index in [9.17, 15) is 10.1 Å². The zero-order valence-electron chi connectivity index (χ0n) is 11.0. The summed E-state index contributed by atoms with van der Waals surface area (Å²) < 4.78 is 5.96. The summed E-state index contributed by atoms with van der Waals surface area (Å²) in [5.74, 6) is 0.142. The number of nitrogens with zero attached hydrogens (tertiary/aromatic N) is 3. The number of benzene rings is 1. The largest absolute Gasteiger partial charge is 0.486 e. The molecule has 104 valence electrons. The van der Waals surface area contributed by atoms with Crippen LogP contribution in [0.3, 0.4) is 0 Å². The fourth-order valence-corrected chi connectivity index (χ4v) is 2.15. The highest BCUT2D eigenvalue weighted by Crippen LogP contribution is 2.34. The minimum absolute atomic E-state index is 0.142. The number of ether oxygens (including phenoxy) is 1. The molecule has 0 atom stereocenters. The van der Waals surface area contributed by atoms with Gasteiger partial charge in [-0.05, 0) is 48.9 Å². The van der Waals surface area contributed by atoms with E-state index >= 15 is 0 Å². The van der Waals surface area contributed by atoms with Crippen molar-refractivity contribution in [1.29, 1.82) is 10.5 Å². The van der Waals surface area contributed by atoms with E-state index in [4.69, 9.17) is 15.3 Å². The lowest BCUT2D eigenvalue weighted by atomic mass is 9.92. The highest BCUT2D eigenvalue weighted by Gasteiger charge is 2.22. The summed E-state index contributed by atoms with van der Waals surface area (Å²) in [4.78, 5) is 10.4. The Morgan fingerprint density at radius 1 is 1.45 bits per heavy atom. The molecule has 20 heavy (non-hydrogen) atoms. The number of hydrogen-bond acceptors (Lipinski definition) is 5. The molecule has 0 radical (unpaired) electrons. The molecule has 1 rings (SSSR count). The molecule has 0 amide bonds. The Kier molecular flexibility index (Phi) is 5.28. The van der Waals surface area contributed by atoms with Crippen LogP contribution in [0.4, 0.5) is 5.69 Å². The molecule has 0 saturated heterocycles. The SMILES string of the molecule is CC(C)(C#N)CCOc1c(I)cc(C#N)cc1[N+](=O)[O-]. The average molecular weight is 385 g/mol. The van der Waals surface area contributed by atoms with E-state index in [1.807, 2.05) is 28.7 Å². The third-order valence-corrected chi connectivity index (χ3v) is 3.43. The van der Waals surface area contributed by atoms with Crippen molar-refractivity contribution in [2.75, 3.05) is 6.61 Å². The second-order valence-corrected chi connectivity index (χ2v) is 5.93. The summed E-state index contributed by atoms with van der Waals surface area (Å²) in [5.41, 5.74) is -0.568. The highest BCUT2D eigenvalue weighted by molar-refractivity contribution is 14.1. The van der Waals surface area contributed by atoms with Crippen LogP contribution >= 0.6 is 22.6 Å². The Morgan fingerprint density at radius 2 is 2.10 bits per heavy atom. The van der Waals surface area contributed by atoms with E-state index in [1.165, 1.54) is 12.1 Å². The van der Waals surface area contributed by atoms with Crippen molar-refractivity contribution in [1.82, 2.24) is 0 Å². The van der Waals surface area contributed by atoms with Crippen LogP contribution in [0.25, 0.3) is 0 Å². The molecular formula is C13H12IN3O3. The van der Waals surface area contributed by atoms with Crippen molar-refractivity contribution >= 4 is 28.3 Å². The number of halogens is 1. The van der Waals surface area contributed by atoms with Gasteiger partial charge in [0.2, 0.25) is 5.75 Å². The first-order valence-electron chi connectivity index (χ1n) is 5.73. The summed E-state index contributed by atoms with van der Waals surface area (Å²) in [5, 5.41) is 28.7. The maximum absolute atomic E-state index is 11.0. The molecule has 0 aliphatic rings. The van der Waals surface area contributed by atoms with Crippen LogP contribution in [0.15, 0.2) is 12.1 Å². The summed E-state index contributed by atoms with van der Waals surface area (Å²) in [6, 6.07) is 6.72. The quantitative estimate of drug-likeness (QED) is 0.439. The van der Waals surface area contributed by atoms with Gasteiger partial charge in [-0.2, -0.15) is 10.5 Å². The van der Waals surface area contributed by atoms with E-state index in [0.717, 1.165) is 0 Å². The Morgan fingerprint density at radius 3 is 2.60 bits per heavy atom. The summed E-state index contributed by atoms with van der Waals surface area (Å²) in [6.45, 7) is 3.74. The maximum Gasteiger partial charge on any atom is 0.313 e. The topological polar surface area (TPSA) is 99.9 Å². The van der Waals surface area contributed by atoms with E-state index in [-0.39, 0.29) is 23.6 Å². The van der Waals surface area contributed by atoms with Crippen LogP contribution in [0.2, 0.25) is 0 Å². The van der Waals surface area contributed by atoms with Gasteiger partial charge in [-0.1, -0.05) is 0 Å². The highest BCUT2D eigenvalue weighted by atomic mass is 127. The first-order valence-corrected chi connectivity index (χ1v) is 6.80. The van der Waals surface area contributed by atoms with Gasteiger partial charge >= 0.3 is 5.69 Å². The smallest absolute Gasteiger partial charge is 0.313 e. The fourth-order valence-electron chi connectivity index (χ4n) is 1.39. The molecule has 0 bridgehead atoms. The Hall–Kier alpha value is -1.87. The minimum Gasteiger partial charge on any atom is -0.486 e. The van der Waals surface area contributed by atoms with Crippen LogP contribution < -0.4 is 4.74 Å². The third-order valence-electron chi connectivity index (χ3n) is 2.63. The van der Waals surface area contributed by atoms with Gasteiger partial charge in [0.1, 0.15) is 0 Å².